The van der Waals surface area contributed by atoms with E-state index in [1.807, 2.05) is 18.2 Å². The van der Waals surface area contributed by atoms with Crippen molar-refractivity contribution in [2.24, 2.45) is 0 Å². The molecule has 1 nitrogen and oxygen atoms in total. The van der Waals surface area contributed by atoms with E-state index in [0.717, 1.165) is 18.1 Å². The van der Waals surface area contributed by atoms with Crippen molar-refractivity contribution in [1.82, 2.24) is 4.90 Å². The molecule has 0 heterocycles. The Morgan fingerprint density at radius 1 is 1.38 bits per heavy atom. The minimum Gasteiger partial charge on any atom is -0.302 e. The van der Waals surface area contributed by atoms with Crippen LogP contribution < -0.4 is 0 Å². The van der Waals surface area contributed by atoms with Crippen molar-refractivity contribution in [3.8, 4) is 0 Å². The fourth-order valence-corrected chi connectivity index (χ4v) is 1.62. The van der Waals surface area contributed by atoms with Gasteiger partial charge in [0.25, 0.3) is 0 Å². The highest BCUT2D eigenvalue weighted by molar-refractivity contribution is 6.30. The van der Waals surface area contributed by atoms with Gasteiger partial charge >= 0.3 is 0 Å². The maximum absolute atomic E-state index is 5.89. The van der Waals surface area contributed by atoms with Crippen LogP contribution in [0, 0.1) is 0 Å². The fourth-order valence-electron chi connectivity index (χ4n) is 1.41. The van der Waals surface area contributed by atoms with Crippen molar-refractivity contribution >= 4 is 11.6 Å². The molecule has 0 saturated carbocycles. The smallest absolute Gasteiger partial charge is 0.0409 e. The quantitative estimate of drug-likeness (QED) is 0.717. The summed E-state index contributed by atoms with van der Waals surface area (Å²) in [4.78, 5) is 2.30. The van der Waals surface area contributed by atoms with Crippen LogP contribution in [-0.4, -0.2) is 18.5 Å². The Morgan fingerprint density at radius 2 is 2.15 bits per heavy atom. The van der Waals surface area contributed by atoms with Crippen LogP contribution in [0.1, 0.15) is 18.9 Å². The molecule has 0 bridgehead atoms. The SMILES string of the molecule is CCCN(C)Cc1cccc(Cl)c1. The molecule has 1 rings (SSSR count). The summed E-state index contributed by atoms with van der Waals surface area (Å²) < 4.78 is 0. The van der Waals surface area contributed by atoms with E-state index in [1.165, 1.54) is 12.0 Å². The van der Waals surface area contributed by atoms with Gasteiger partial charge < -0.3 is 4.90 Å². The molecule has 0 aliphatic carbocycles. The highest BCUT2D eigenvalue weighted by Gasteiger charge is 1.98. The molecule has 0 N–H and O–H groups in total. The van der Waals surface area contributed by atoms with E-state index in [1.54, 1.807) is 0 Å². The highest BCUT2D eigenvalue weighted by atomic mass is 35.5. The van der Waals surface area contributed by atoms with Gasteiger partial charge in [-0.05, 0) is 37.7 Å². The van der Waals surface area contributed by atoms with Crippen molar-refractivity contribution in [3.05, 3.63) is 34.9 Å². The fraction of sp³-hybridized carbons (Fsp3) is 0.455. The molecule has 13 heavy (non-hydrogen) atoms. The van der Waals surface area contributed by atoms with Crippen LogP contribution in [0.2, 0.25) is 5.02 Å². The lowest BCUT2D eigenvalue weighted by Crippen LogP contribution is -2.18. The van der Waals surface area contributed by atoms with E-state index >= 15 is 0 Å². The summed E-state index contributed by atoms with van der Waals surface area (Å²) >= 11 is 5.89. The van der Waals surface area contributed by atoms with Crippen LogP contribution in [0.15, 0.2) is 24.3 Å². The number of halogens is 1. The van der Waals surface area contributed by atoms with E-state index in [4.69, 9.17) is 11.6 Å². The summed E-state index contributed by atoms with van der Waals surface area (Å²) in [7, 11) is 2.13. The predicted octanol–water partition coefficient (Wildman–Crippen LogP) is 3.18. The summed E-state index contributed by atoms with van der Waals surface area (Å²) in [5.41, 5.74) is 1.28. The topological polar surface area (TPSA) is 3.24 Å². The van der Waals surface area contributed by atoms with Gasteiger partial charge in [0, 0.05) is 11.6 Å². The van der Waals surface area contributed by atoms with E-state index < -0.39 is 0 Å². The summed E-state index contributed by atoms with van der Waals surface area (Å²) in [5.74, 6) is 0. The van der Waals surface area contributed by atoms with Gasteiger partial charge in [0.2, 0.25) is 0 Å². The van der Waals surface area contributed by atoms with E-state index in [9.17, 15) is 0 Å². The van der Waals surface area contributed by atoms with Crippen LogP contribution in [0.3, 0.4) is 0 Å². The van der Waals surface area contributed by atoms with Crippen molar-refractivity contribution in [1.29, 1.82) is 0 Å². The first-order valence-corrected chi connectivity index (χ1v) is 5.03. The number of nitrogens with zero attached hydrogens (tertiary/aromatic N) is 1. The normalized spacial score (nSPS) is 10.8. The highest BCUT2D eigenvalue weighted by Crippen LogP contribution is 2.11. The zero-order chi connectivity index (χ0) is 9.68. The number of hydrogen-bond donors (Lipinski definition) is 0. The van der Waals surface area contributed by atoms with E-state index in [0.29, 0.717) is 0 Å². The first kappa shape index (κ1) is 10.6. The minimum atomic E-state index is 0.822. The van der Waals surface area contributed by atoms with Crippen LogP contribution in [0.25, 0.3) is 0 Å². The van der Waals surface area contributed by atoms with Gasteiger partial charge in [-0.2, -0.15) is 0 Å². The molecule has 0 amide bonds. The summed E-state index contributed by atoms with van der Waals surface area (Å²) in [6, 6.07) is 8.04. The van der Waals surface area contributed by atoms with Crippen LogP contribution in [0.4, 0.5) is 0 Å². The van der Waals surface area contributed by atoms with Crippen LogP contribution in [-0.2, 0) is 6.54 Å². The van der Waals surface area contributed by atoms with E-state index in [-0.39, 0.29) is 0 Å². The number of rotatable bonds is 4. The second-order valence-corrected chi connectivity index (χ2v) is 3.80. The first-order valence-electron chi connectivity index (χ1n) is 4.65. The van der Waals surface area contributed by atoms with Gasteiger partial charge in [0.1, 0.15) is 0 Å². The largest absolute Gasteiger partial charge is 0.302 e. The molecule has 0 aromatic heterocycles. The van der Waals surface area contributed by atoms with Crippen molar-refractivity contribution in [3.63, 3.8) is 0 Å². The summed E-state index contributed by atoms with van der Waals surface area (Å²) in [6.45, 7) is 4.30. The van der Waals surface area contributed by atoms with Crippen molar-refractivity contribution in [2.75, 3.05) is 13.6 Å². The first-order chi connectivity index (χ1) is 6.22. The zero-order valence-corrected chi connectivity index (χ0v) is 9.01. The Balaban J connectivity index is 2.53. The molecule has 0 spiro atoms. The van der Waals surface area contributed by atoms with Crippen molar-refractivity contribution < 1.29 is 0 Å². The monoisotopic (exact) mass is 197 g/mol. The molecule has 0 radical (unpaired) electrons. The molecule has 0 saturated heterocycles. The van der Waals surface area contributed by atoms with Crippen LogP contribution in [0.5, 0.6) is 0 Å². The van der Waals surface area contributed by atoms with Gasteiger partial charge in [-0.1, -0.05) is 30.7 Å². The second kappa shape index (κ2) is 5.25. The number of hydrogen-bond acceptors (Lipinski definition) is 1. The molecule has 0 unspecified atom stereocenters. The molecule has 1 aromatic rings. The Hall–Kier alpha value is -0.530. The molecule has 0 fully saturated rings. The lowest BCUT2D eigenvalue weighted by Gasteiger charge is -2.15. The third-order valence-corrected chi connectivity index (χ3v) is 2.18. The average Bonchev–Trinajstić information content (AvgIpc) is 2.04. The third kappa shape index (κ3) is 3.79. The number of benzene rings is 1. The molecule has 0 atom stereocenters. The lowest BCUT2D eigenvalue weighted by molar-refractivity contribution is 0.327. The molecule has 2 heteroatoms. The molecule has 72 valence electrons. The summed E-state index contributed by atoms with van der Waals surface area (Å²) in [6.07, 6.45) is 1.19. The molecule has 0 aliphatic heterocycles. The van der Waals surface area contributed by atoms with Gasteiger partial charge in [-0.25, -0.2) is 0 Å². The zero-order valence-electron chi connectivity index (χ0n) is 8.26. The maximum atomic E-state index is 5.89. The van der Waals surface area contributed by atoms with Gasteiger partial charge in [0.15, 0.2) is 0 Å². The van der Waals surface area contributed by atoms with Gasteiger partial charge in [-0.15, -0.1) is 0 Å². The van der Waals surface area contributed by atoms with Gasteiger partial charge in [-0.3, -0.25) is 0 Å². The van der Waals surface area contributed by atoms with Gasteiger partial charge in [0.05, 0.1) is 0 Å². The second-order valence-electron chi connectivity index (χ2n) is 3.37. The lowest BCUT2D eigenvalue weighted by atomic mass is 10.2. The standard InChI is InChI=1S/C11H16ClN/c1-3-7-13(2)9-10-5-4-6-11(12)8-10/h4-6,8H,3,7,9H2,1-2H3. The third-order valence-electron chi connectivity index (χ3n) is 1.95. The summed E-state index contributed by atoms with van der Waals surface area (Å²) in [5, 5.41) is 0.822. The minimum absolute atomic E-state index is 0.822. The molecular formula is C11H16ClN. The Kier molecular flexibility index (Phi) is 4.26. The molecule has 0 aliphatic rings. The maximum Gasteiger partial charge on any atom is 0.0409 e. The Bertz CT molecular complexity index is 260. The molecular weight excluding hydrogens is 182 g/mol. The Labute approximate surface area is 85.3 Å². The van der Waals surface area contributed by atoms with Crippen LogP contribution >= 0.6 is 11.6 Å². The molecule has 1 aromatic carbocycles. The predicted molar refractivity (Wildman–Crippen MR) is 58.1 cm³/mol. The Morgan fingerprint density at radius 3 is 2.77 bits per heavy atom. The van der Waals surface area contributed by atoms with Crippen molar-refractivity contribution in [2.45, 2.75) is 19.9 Å². The van der Waals surface area contributed by atoms with E-state index in [2.05, 4.69) is 24.9 Å². The average molecular weight is 198 g/mol.